The van der Waals surface area contributed by atoms with Gasteiger partial charge in [-0.25, -0.2) is 8.42 Å². The molecule has 2 nitrogen and oxygen atoms in total. The van der Waals surface area contributed by atoms with Gasteiger partial charge in [-0.2, -0.15) is 0 Å². The number of sulfone groups is 1. The van der Waals surface area contributed by atoms with Gasteiger partial charge in [0.2, 0.25) is 9.84 Å². The van der Waals surface area contributed by atoms with Crippen molar-refractivity contribution in [1.29, 1.82) is 0 Å². The lowest BCUT2D eigenvalue weighted by Gasteiger charge is -2.18. The van der Waals surface area contributed by atoms with Gasteiger partial charge in [0, 0.05) is 30.9 Å². The molecule has 8 aromatic rings. The van der Waals surface area contributed by atoms with Gasteiger partial charge in [-0.05, 0) is 63.9 Å². The molecule has 0 atom stereocenters. The SMILES string of the molecule is Cc1ccc2cc(-c3c4ccccc4c(S(=O)(=O)c4cccc5sc6ccccc6c45)c4ccccc34)ccc2c1. The van der Waals surface area contributed by atoms with Crippen LogP contribution in [-0.4, -0.2) is 8.42 Å². The second-order valence-corrected chi connectivity index (χ2v) is 13.5. The van der Waals surface area contributed by atoms with Crippen LogP contribution in [0.25, 0.3) is 63.6 Å². The zero-order chi connectivity index (χ0) is 27.7. The van der Waals surface area contributed by atoms with Crippen LogP contribution in [0.4, 0.5) is 0 Å². The van der Waals surface area contributed by atoms with E-state index in [0.29, 0.717) is 9.79 Å². The highest BCUT2D eigenvalue weighted by Gasteiger charge is 2.28. The van der Waals surface area contributed by atoms with Crippen molar-refractivity contribution in [3.63, 3.8) is 0 Å². The van der Waals surface area contributed by atoms with E-state index in [2.05, 4.69) is 61.5 Å². The first-order valence-electron chi connectivity index (χ1n) is 13.6. The van der Waals surface area contributed by atoms with E-state index in [-0.39, 0.29) is 0 Å². The fourth-order valence-electron chi connectivity index (χ4n) is 6.29. The molecule has 0 saturated carbocycles. The van der Waals surface area contributed by atoms with Crippen molar-refractivity contribution in [3.05, 3.63) is 133 Å². The van der Waals surface area contributed by atoms with Gasteiger partial charge in [-0.1, -0.05) is 109 Å². The Morgan fingerprint density at radius 2 is 1.12 bits per heavy atom. The van der Waals surface area contributed by atoms with E-state index in [4.69, 9.17) is 0 Å². The first kappa shape index (κ1) is 24.3. The highest BCUT2D eigenvalue weighted by molar-refractivity contribution is 7.92. The standard InChI is InChI=1S/C37H24O2S2/c1-23-17-18-25-22-26(20-19-24(25)21-23)35-27-9-2-4-11-29(27)37(30-12-5-3-10-28(30)35)41(38,39)34-16-8-15-33-36(34)31-13-6-7-14-32(31)40-33/h2-22H,1H3. The van der Waals surface area contributed by atoms with E-state index < -0.39 is 9.84 Å². The smallest absolute Gasteiger partial charge is 0.208 e. The van der Waals surface area contributed by atoms with E-state index >= 15 is 0 Å². The summed E-state index contributed by atoms with van der Waals surface area (Å²) in [4.78, 5) is 0.725. The molecule has 0 saturated heterocycles. The largest absolute Gasteiger partial charge is 0.218 e. The molecule has 1 heterocycles. The fourth-order valence-corrected chi connectivity index (χ4v) is 9.38. The molecule has 0 spiro atoms. The number of fused-ring (bicyclic) bond motifs is 6. The molecule has 0 amide bonds. The van der Waals surface area contributed by atoms with Crippen LogP contribution in [0.3, 0.4) is 0 Å². The fraction of sp³-hybridized carbons (Fsp3) is 0.0270. The van der Waals surface area contributed by atoms with E-state index in [1.807, 2.05) is 66.7 Å². The number of hydrogen-bond donors (Lipinski definition) is 0. The minimum absolute atomic E-state index is 0.358. The van der Waals surface area contributed by atoms with Crippen LogP contribution >= 0.6 is 11.3 Å². The third-order valence-electron chi connectivity index (χ3n) is 8.09. The van der Waals surface area contributed by atoms with E-state index in [9.17, 15) is 8.42 Å². The van der Waals surface area contributed by atoms with Gasteiger partial charge in [-0.15, -0.1) is 11.3 Å². The Labute approximate surface area is 242 Å². The summed E-state index contributed by atoms with van der Waals surface area (Å²) in [6.07, 6.45) is 0. The van der Waals surface area contributed by atoms with Crippen molar-refractivity contribution < 1.29 is 8.42 Å². The van der Waals surface area contributed by atoms with E-state index in [0.717, 1.165) is 58.2 Å². The van der Waals surface area contributed by atoms with Crippen molar-refractivity contribution in [2.24, 2.45) is 0 Å². The highest BCUT2D eigenvalue weighted by atomic mass is 32.2. The van der Waals surface area contributed by atoms with E-state index in [1.54, 1.807) is 17.4 Å². The first-order chi connectivity index (χ1) is 20.0. The van der Waals surface area contributed by atoms with Crippen LogP contribution in [0.15, 0.2) is 137 Å². The summed E-state index contributed by atoms with van der Waals surface area (Å²) in [6, 6.07) is 42.6. The number of aryl methyl sites for hydroxylation is 1. The molecule has 8 rings (SSSR count). The zero-order valence-electron chi connectivity index (χ0n) is 22.3. The van der Waals surface area contributed by atoms with Gasteiger partial charge in [0.25, 0.3) is 0 Å². The molecule has 0 N–H and O–H groups in total. The Morgan fingerprint density at radius 1 is 0.537 bits per heavy atom. The van der Waals surface area contributed by atoms with Gasteiger partial charge >= 0.3 is 0 Å². The lowest BCUT2D eigenvalue weighted by Crippen LogP contribution is -2.05. The molecule has 4 heteroatoms. The average molecular weight is 565 g/mol. The van der Waals surface area contributed by atoms with Gasteiger partial charge in [0.05, 0.1) is 9.79 Å². The monoisotopic (exact) mass is 564 g/mol. The van der Waals surface area contributed by atoms with Crippen LogP contribution < -0.4 is 0 Å². The second kappa shape index (κ2) is 9.00. The van der Waals surface area contributed by atoms with Crippen LogP contribution in [0, 0.1) is 6.92 Å². The molecular weight excluding hydrogens is 541 g/mol. The number of thiophene rings is 1. The highest BCUT2D eigenvalue weighted by Crippen LogP contribution is 2.45. The Morgan fingerprint density at radius 3 is 1.85 bits per heavy atom. The van der Waals surface area contributed by atoms with Crippen molar-refractivity contribution in [2.75, 3.05) is 0 Å². The maximum Gasteiger partial charge on any atom is 0.208 e. The van der Waals surface area contributed by atoms with E-state index in [1.165, 1.54) is 10.9 Å². The Kier molecular flexibility index (Phi) is 5.33. The summed E-state index contributed by atoms with van der Waals surface area (Å²) < 4.78 is 31.8. The quantitative estimate of drug-likeness (QED) is 0.200. The molecule has 196 valence electrons. The second-order valence-electron chi connectivity index (χ2n) is 10.6. The van der Waals surface area contributed by atoms with Crippen molar-refractivity contribution >= 4 is 73.7 Å². The molecule has 0 unspecified atom stereocenters. The van der Waals surface area contributed by atoms with Gasteiger partial charge < -0.3 is 0 Å². The minimum atomic E-state index is -3.91. The van der Waals surface area contributed by atoms with Crippen LogP contribution in [0.5, 0.6) is 0 Å². The average Bonchev–Trinajstić information content (AvgIpc) is 3.38. The molecule has 0 radical (unpaired) electrons. The molecular formula is C37H24O2S2. The lowest BCUT2D eigenvalue weighted by atomic mass is 9.91. The molecule has 0 aliphatic rings. The van der Waals surface area contributed by atoms with Crippen molar-refractivity contribution in [2.45, 2.75) is 16.7 Å². The molecule has 1 aromatic heterocycles. The van der Waals surface area contributed by atoms with Gasteiger partial charge in [-0.3, -0.25) is 0 Å². The van der Waals surface area contributed by atoms with Crippen LogP contribution in [-0.2, 0) is 9.84 Å². The predicted octanol–water partition coefficient (Wildman–Crippen LogP) is 10.3. The summed E-state index contributed by atoms with van der Waals surface area (Å²) in [7, 11) is -3.91. The Hall–Kier alpha value is -4.51. The number of hydrogen-bond acceptors (Lipinski definition) is 3. The third kappa shape index (κ3) is 3.65. The van der Waals surface area contributed by atoms with Crippen LogP contribution in [0.1, 0.15) is 5.56 Å². The Bertz CT molecular complexity index is 2390. The third-order valence-corrected chi connectivity index (χ3v) is 11.1. The van der Waals surface area contributed by atoms with Crippen molar-refractivity contribution in [1.82, 2.24) is 0 Å². The number of rotatable bonds is 3. The Balaban J connectivity index is 1.49. The number of benzene rings is 7. The normalized spacial score (nSPS) is 12.2. The maximum absolute atomic E-state index is 14.9. The summed E-state index contributed by atoms with van der Waals surface area (Å²) in [6.45, 7) is 2.10. The lowest BCUT2D eigenvalue weighted by molar-refractivity contribution is 0.598. The molecule has 0 fully saturated rings. The topological polar surface area (TPSA) is 34.1 Å². The minimum Gasteiger partial charge on any atom is -0.218 e. The molecule has 0 bridgehead atoms. The molecule has 41 heavy (non-hydrogen) atoms. The van der Waals surface area contributed by atoms with Gasteiger partial charge in [0.15, 0.2) is 0 Å². The molecule has 0 aliphatic heterocycles. The van der Waals surface area contributed by atoms with Crippen LogP contribution in [0.2, 0.25) is 0 Å². The summed E-state index contributed by atoms with van der Waals surface area (Å²) in [5, 5.41) is 7.46. The molecule has 7 aromatic carbocycles. The zero-order valence-corrected chi connectivity index (χ0v) is 23.9. The predicted molar refractivity (Wildman–Crippen MR) is 174 cm³/mol. The summed E-state index contributed by atoms with van der Waals surface area (Å²) in [5.41, 5.74) is 3.35. The van der Waals surface area contributed by atoms with Gasteiger partial charge in [0.1, 0.15) is 0 Å². The summed E-state index contributed by atoms with van der Waals surface area (Å²) in [5.74, 6) is 0. The van der Waals surface area contributed by atoms with Crippen molar-refractivity contribution in [3.8, 4) is 11.1 Å². The maximum atomic E-state index is 14.9. The molecule has 0 aliphatic carbocycles. The first-order valence-corrected chi connectivity index (χ1v) is 15.9. The summed E-state index contributed by atoms with van der Waals surface area (Å²) >= 11 is 1.63.